The van der Waals surface area contributed by atoms with Crippen LogP contribution in [0.4, 0.5) is 0 Å². The van der Waals surface area contributed by atoms with E-state index in [4.69, 9.17) is 9.47 Å². The molecule has 1 aromatic heterocycles. The summed E-state index contributed by atoms with van der Waals surface area (Å²) < 4.78 is 12.4. The quantitative estimate of drug-likeness (QED) is 0.489. The highest BCUT2D eigenvalue weighted by atomic mass is 127. The maximum atomic E-state index is 12.0. The first-order chi connectivity index (χ1) is 9.72. The molecule has 0 bridgehead atoms. The summed E-state index contributed by atoms with van der Waals surface area (Å²) >= 11 is 0. The number of aryl methyl sites for hydroxylation is 1. The molecule has 0 saturated heterocycles. The topological polar surface area (TPSA) is 51.4 Å². The first-order valence-electron chi connectivity index (χ1n) is 6.34. The van der Waals surface area contributed by atoms with E-state index in [1.54, 1.807) is 12.1 Å². The number of aromatic nitrogens is 1. The van der Waals surface area contributed by atoms with Gasteiger partial charge >= 0.3 is 0 Å². The summed E-state index contributed by atoms with van der Waals surface area (Å²) in [5.74, 6) is 1.38. The minimum absolute atomic E-state index is 0. The zero-order valence-electron chi connectivity index (χ0n) is 11.5. The van der Waals surface area contributed by atoms with E-state index in [0.717, 1.165) is 17.1 Å². The van der Waals surface area contributed by atoms with Crippen LogP contribution < -0.4 is 43.3 Å². The maximum Gasteiger partial charge on any atom is 0.252 e. The Balaban J connectivity index is 0.00000161. The van der Waals surface area contributed by atoms with Crippen molar-refractivity contribution in [2.75, 3.05) is 6.79 Å². The maximum absolute atomic E-state index is 12.0. The number of nitrogens with one attached hydrogen (secondary N) is 1. The van der Waals surface area contributed by atoms with Gasteiger partial charge in [0.1, 0.15) is 7.05 Å². The third-order valence-electron chi connectivity index (χ3n) is 3.13. The van der Waals surface area contributed by atoms with Crippen LogP contribution in [-0.4, -0.2) is 12.7 Å². The van der Waals surface area contributed by atoms with E-state index in [1.807, 2.05) is 42.2 Å². The normalized spacial score (nSPS) is 11.7. The summed E-state index contributed by atoms with van der Waals surface area (Å²) in [6, 6.07) is 9.22. The Kier molecular flexibility index (Phi) is 5.00. The SMILES string of the molecule is C[n+]1ccc(C(=O)NCc2ccc3c(c2)OCO3)cc1.[I-]. The molecule has 21 heavy (non-hydrogen) atoms. The Morgan fingerprint density at radius 1 is 1.19 bits per heavy atom. The second kappa shape index (κ2) is 6.75. The van der Waals surface area contributed by atoms with Gasteiger partial charge in [-0.05, 0) is 17.7 Å². The van der Waals surface area contributed by atoms with Gasteiger partial charge in [0.2, 0.25) is 6.79 Å². The van der Waals surface area contributed by atoms with Crippen LogP contribution in [0.5, 0.6) is 11.5 Å². The number of carbonyl (C=O) groups excluding carboxylic acids is 1. The van der Waals surface area contributed by atoms with Gasteiger partial charge in [0.05, 0.1) is 5.56 Å². The van der Waals surface area contributed by atoms with Crippen molar-refractivity contribution in [3.05, 3.63) is 53.9 Å². The Morgan fingerprint density at radius 2 is 1.90 bits per heavy atom. The predicted molar refractivity (Wildman–Crippen MR) is 71.4 cm³/mol. The summed E-state index contributed by atoms with van der Waals surface area (Å²) in [5, 5.41) is 2.88. The zero-order valence-corrected chi connectivity index (χ0v) is 13.7. The fraction of sp³-hybridized carbons (Fsp3) is 0.200. The van der Waals surface area contributed by atoms with Crippen LogP contribution >= 0.6 is 0 Å². The minimum atomic E-state index is -0.0942. The van der Waals surface area contributed by atoms with Gasteiger partial charge in [0.15, 0.2) is 23.9 Å². The van der Waals surface area contributed by atoms with Crippen molar-refractivity contribution < 1.29 is 42.8 Å². The predicted octanol–water partition coefficient (Wildman–Crippen LogP) is -1.83. The highest BCUT2D eigenvalue weighted by Gasteiger charge is 2.13. The number of benzene rings is 1. The van der Waals surface area contributed by atoms with E-state index in [9.17, 15) is 4.79 Å². The third kappa shape index (κ3) is 3.63. The van der Waals surface area contributed by atoms with Crippen molar-refractivity contribution in [3.8, 4) is 11.5 Å². The monoisotopic (exact) mass is 398 g/mol. The lowest BCUT2D eigenvalue weighted by atomic mass is 10.2. The number of amides is 1. The Morgan fingerprint density at radius 3 is 2.67 bits per heavy atom. The summed E-state index contributed by atoms with van der Waals surface area (Å²) in [6.45, 7) is 0.711. The number of hydrogen-bond acceptors (Lipinski definition) is 3. The van der Waals surface area contributed by atoms with E-state index in [1.165, 1.54) is 0 Å². The number of pyridine rings is 1. The first kappa shape index (κ1) is 15.6. The van der Waals surface area contributed by atoms with Crippen molar-refractivity contribution in [1.82, 2.24) is 5.32 Å². The molecule has 5 nitrogen and oxygen atoms in total. The smallest absolute Gasteiger partial charge is 0.252 e. The van der Waals surface area contributed by atoms with Crippen molar-refractivity contribution >= 4 is 5.91 Å². The molecule has 1 aliphatic heterocycles. The van der Waals surface area contributed by atoms with E-state index in [2.05, 4.69) is 5.32 Å². The molecule has 2 heterocycles. The third-order valence-corrected chi connectivity index (χ3v) is 3.13. The van der Waals surface area contributed by atoms with Crippen molar-refractivity contribution in [2.24, 2.45) is 7.05 Å². The van der Waals surface area contributed by atoms with Gasteiger partial charge in [-0.2, -0.15) is 0 Å². The lowest BCUT2D eigenvalue weighted by molar-refractivity contribution is -0.671. The molecule has 0 unspecified atom stereocenters. The Bertz CT molecular complexity index is 644. The van der Waals surface area contributed by atoms with E-state index in [0.29, 0.717) is 12.1 Å². The first-order valence-corrected chi connectivity index (χ1v) is 6.34. The van der Waals surface area contributed by atoms with Crippen molar-refractivity contribution in [1.29, 1.82) is 0 Å². The molecule has 0 fully saturated rings. The molecule has 110 valence electrons. The fourth-order valence-corrected chi connectivity index (χ4v) is 1.99. The van der Waals surface area contributed by atoms with Gasteiger partial charge in [0, 0.05) is 18.7 Å². The van der Waals surface area contributed by atoms with Gasteiger partial charge < -0.3 is 38.8 Å². The molecule has 0 spiro atoms. The van der Waals surface area contributed by atoms with Gasteiger partial charge in [-0.25, -0.2) is 4.57 Å². The Hall–Kier alpha value is -1.83. The summed E-state index contributed by atoms with van der Waals surface area (Å²) in [7, 11) is 1.91. The van der Waals surface area contributed by atoms with Crippen LogP contribution in [0.2, 0.25) is 0 Å². The van der Waals surface area contributed by atoms with E-state index >= 15 is 0 Å². The molecule has 0 atom stereocenters. The number of halogens is 1. The van der Waals surface area contributed by atoms with Gasteiger partial charge in [-0.3, -0.25) is 4.79 Å². The lowest BCUT2D eigenvalue weighted by Gasteiger charge is -2.05. The number of carbonyl (C=O) groups is 1. The standard InChI is InChI=1S/C15H14N2O3.HI/c1-17-6-4-12(5-7-17)15(18)16-9-11-2-3-13-14(8-11)20-10-19-13;/h2-8H,9-10H2,1H3;1H. The van der Waals surface area contributed by atoms with Crippen LogP contribution in [0.15, 0.2) is 42.7 Å². The van der Waals surface area contributed by atoms with E-state index < -0.39 is 0 Å². The van der Waals surface area contributed by atoms with Crippen molar-refractivity contribution in [3.63, 3.8) is 0 Å². The zero-order chi connectivity index (χ0) is 13.9. The van der Waals surface area contributed by atoms with Gasteiger partial charge in [-0.15, -0.1) is 0 Å². The van der Waals surface area contributed by atoms with Gasteiger partial charge in [-0.1, -0.05) is 6.07 Å². The van der Waals surface area contributed by atoms with Crippen LogP contribution in [0.25, 0.3) is 0 Å². The molecule has 1 N–H and O–H groups in total. The average molecular weight is 398 g/mol. The summed E-state index contributed by atoms with van der Waals surface area (Å²) in [6.07, 6.45) is 3.69. The van der Waals surface area contributed by atoms with Crippen LogP contribution in [-0.2, 0) is 13.6 Å². The number of ether oxygens (including phenoxy) is 2. The second-order valence-electron chi connectivity index (χ2n) is 4.62. The largest absolute Gasteiger partial charge is 1.00 e. The molecule has 1 aliphatic rings. The number of nitrogens with zero attached hydrogens (tertiary/aromatic N) is 1. The lowest BCUT2D eigenvalue weighted by Crippen LogP contribution is -3.00. The average Bonchev–Trinajstić information content (AvgIpc) is 2.93. The molecule has 0 radical (unpaired) electrons. The molecule has 0 aliphatic carbocycles. The van der Waals surface area contributed by atoms with Crippen LogP contribution in [0.1, 0.15) is 15.9 Å². The van der Waals surface area contributed by atoms with E-state index in [-0.39, 0.29) is 36.7 Å². The minimum Gasteiger partial charge on any atom is -1.00 e. The molecule has 0 saturated carbocycles. The summed E-state index contributed by atoms with van der Waals surface area (Å²) in [4.78, 5) is 12.0. The van der Waals surface area contributed by atoms with Crippen molar-refractivity contribution in [2.45, 2.75) is 6.54 Å². The van der Waals surface area contributed by atoms with Gasteiger partial charge in [0.25, 0.3) is 5.91 Å². The molecule has 2 aromatic rings. The molecular formula is C15H15IN2O3. The highest BCUT2D eigenvalue weighted by molar-refractivity contribution is 5.93. The number of hydrogen-bond donors (Lipinski definition) is 1. The molecular weight excluding hydrogens is 383 g/mol. The Labute approximate surface area is 139 Å². The second-order valence-corrected chi connectivity index (χ2v) is 4.62. The number of fused-ring (bicyclic) bond motifs is 1. The summed E-state index contributed by atoms with van der Waals surface area (Å²) in [5.41, 5.74) is 1.62. The van der Waals surface area contributed by atoms with Crippen LogP contribution in [0.3, 0.4) is 0 Å². The highest BCUT2D eigenvalue weighted by Crippen LogP contribution is 2.32. The fourth-order valence-electron chi connectivity index (χ4n) is 1.99. The molecule has 1 amide bonds. The molecule has 1 aromatic carbocycles. The molecule has 3 rings (SSSR count). The number of rotatable bonds is 3. The molecule has 6 heteroatoms. The van der Waals surface area contributed by atoms with Crippen LogP contribution in [0, 0.1) is 0 Å².